The SMILES string of the molecule is CC1N=CN(c2cnc(C(=O)N(C3CC3)C3CCN(c4ncc(C(F)(F)F)cc4F)CC3)cn2)N1. The van der Waals surface area contributed by atoms with Gasteiger partial charge in [0.15, 0.2) is 17.5 Å². The van der Waals surface area contributed by atoms with Crippen LogP contribution in [0.1, 0.15) is 48.7 Å². The Morgan fingerprint density at radius 3 is 2.31 bits per heavy atom. The summed E-state index contributed by atoms with van der Waals surface area (Å²) >= 11 is 0. The van der Waals surface area contributed by atoms with Gasteiger partial charge in [0.2, 0.25) is 0 Å². The van der Waals surface area contributed by atoms with Gasteiger partial charge in [0.05, 0.1) is 18.0 Å². The zero-order valence-corrected chi connectivity index (χ0v) is 18.9. The first kappa shape index (κ1) is 23.4. The zero-order valence-electron chi connectivity index (χ0n) is 18.9. The third kappa shape index (κ3) is 4.90. The summed E-state index contributed by atoms with van der Waals surface area (Å²) in [4.78, 5) is 33.4. The van der Waals surface area contributed by atoms with E-state index in [-0.39, 0.29) is 35.7 Å². The molecule has 1 aliphatic carbocycles. The highest BCUT2D eigenvalue weighted by Crippen LogP contribution is 2.35. The molecule has 13 heteroatoms. The maximum absolute atomic E-state index is 14.4. The van der Waals surface area contributed by atoms with Crippen LogP contribution in [0.15, 0.2) is 29.6 Å². The van der Waals surface area contributed by atoms with Gasteiger partial charge in [0, 0.05) is 31.4 Å². The van der Waals surface area contributed by atoms with Crippen LogP contribution in [-0.4, -0.2) is 63.4 Å². The monoisotopic (exact) mass is 492 g/mol. The molecule has 0 spiro atoms. The summed E-state index contributed by atoms with van der Waals surface area (Å²) in [6, 6.07) is 0.509. The number of anilines is 2. The van der Waals surface area contributed by atoms with Gasteiger partial charge < -0.3 is 9.80 Å². The standard InChI is InChI=1S/C22H24F4N8O/c1-13-30-12-33(31-13)19-11-27-18(10-28-19)21(35)34(15-2-3-15)16-4-6-32(7-5-16)20-17(23)8-14(9-29-20)22(24,25)26/h8-13,15-16,31H,2-7H2,1H3. The second kappa shape index (κ2) is 9.02. The second-order valence-electron chi connectivity index (χ2n) is 8.89. The van der Waals surface area contributed by atoms with Crippen LogP contribution in [0, 0.1) is 5.82 Å². The van der Waals surface area contributed by atoms with Crippen LogP contribution in [0.25, 0.3) is 0 Å². The molecule has 1 saturated heterocycles. The van der Waals surface area contributed by atoms with Crippen LogP contribution in [0.4, 0.5) is 29.2 Å². The van der Waals surface area contributed by atoms with Crippen molar-refractivity contribution in [2.45, 2.75) is 57.0 Å². The third-order valence-electron chi connectivity index (χ3n) is 6.32. The van der Waals surface area contributed by atoms with E-state index in [1.165, 1.54) is 12.4 Å². The molecule has 1 saturated carbocycles. The van der Waals surface area contributed by atoms with Crippen LogP contribution < -0.4 is 15.3 Å². The summed E-state index contributed by atoms with van der Waals surface area (Å²) < 4.78 is 52.8. The Morgan fingerprint density at radius 1 is 1.06 bits per heavy atom. The van der Waals surface area contributed by atoms with Crippen molar-refractivity contribution in [3.05, 3.63) is 41.7 Å². The minimum atomic E-state index is -4.65. The summed E-state index contributed by atoms with van der Waals surface area (Å²) in [6.45, 7) is 2.64. The lowest BCUT2D eigenvalue weighted by Crippen LogP contribution is -2.49. The molecule has 3 aliphatic rings. The molecule has 0 aromatic carbocycles. The number of piperidine rings is 1. The fourth-order valence-electron chi connectivity index (χ4n) is 4.40. The van der Waals surface area contributed by atoms with Crippen molar-refractivity contribution in [3.8, 4) is 0 Å². The van der Waals surface area contributed by atoms with Crippen molar-refractivity contribution in [3.63, 3.8) is 0 Å². The number of amides is 1. The minimum Gasteiger partial charge on any atom is -0.354 e. The van der Waals surface area contributed by atoms with Gasteiger partial charge in [0.1, 0.15) is 18.2 Å². The number of hydrogen-bond donors (Lipinski definition) is 1. The summed E-state index contributed by atoms with van der Waals surface area (Å²) in [6.07, 6.45) is 3.38. The molecule has 186 valence electrons. The zero-order chi connectivity index (χ0) is 24.7. The van der Waals surface area contributed by atoms with Crippen LogP contribution in [0.5, 0.6) is 0 Å². The van der Waals surface area contributed by atoms with E-state index in [2.05, 4.69) is 25.4 Å². The van der Waals surface area contributed by atoms with Gasteiger partial charge in [-0.2, -0.15) is 13.2 Å². The van der Waals surface area contributed by atoms with Gasteiger partial charge in [-0.1, -0.05) is 0 Å². The van der Waals surface area contributed by atoms with E-state index in [0.29, 0.717) is 44.0 Å². The van der Waals surface area contributed by atoms with E-state index in [1.807, 2.05) is 11.8 Å². The first-order chi connectivity index (χ1) is 16.7. The normalized spacial score (nSPS) is 21.0. The lowest BCUT2D eigenvalue weighted by Gasteiger charge is -2.39. The highest BCUT2D eigenvalue weighted by molar-refractivity contribution is 5.93. The van der Waals surface area contributed by atoms with Gasteiger partial charge in [-0.25, -0.2) is 29.8 Å². The molecule has 2 aromatic heterocycles. The predicted octanol–water partition coefficient (Wildman–Crippen LogP) is 3.00. The van der Waals surface area contributed by atoms with Crippen molar-refractivity contribution in [1.29, 1.82) is 0 Å². The van der Waals surface area contributed by atoms with Gasteiger partial charge in [0.25, 0.3) is 5.91 Å². The summed E-state index contributed by atoms with van der Waals surface area (Å²) in [7, 11) is 0. The van der Waals surface area contributed by atoms with Gasteiger partial charge in [-0.15, -0.1) is 0 Å². The van der Waals surface area contributed by atoms with E-state index in [4.69, 9.17) is 0 Å². The lowest BCUT2D eigenvalue weighted by molar-refractivity contribution is -0.138. The Kier molecular flexibility index (Phi) is 6.03. The van der Waals surface area contributed by atoms with Crippen LogP contribution in [0.3, 0.4) is 0 Å². The van der Waals surface area contributed by atoms with E-state index < -0.39 is 17.6 Å². The van der Waals surface area contributed by atoms with Crippen molar-refractivity contribution in [1.82, 2.24) is 25.3 Å². The molecule has 5 rings (SSSR count). The van der Waals surface area contributed by atoms with Crippen molar-refractivity contribution < 1.29 is 22.4 Å². The number of aromatic nitrogens is 3. The van der Waals surface area contributed by atoms with Gasteiger partial charge in [-0.05, 0) is 38.7 Å². The maximum atomic E-state index is 14.4. The van der Waals surface area contributed by atoms with Crippen LogP contribution >= 0.6 is 0 Å². The number of aliphatic imine (C=N–C) groups is 1. The Hall–Kier alpha value is -3.35. The number of halogens is 4. The third-order valence-corrected chi connectivity index (χ3v) is 6.32. The van der Waals surface area contributed by atoms with Crippen LogP contribution in [0.2, 0.25) is 0 Å². The van der Waals surface area contributed by atoms with Gasteiger partial charge >= 0.3 is 6.18 Å². The van der Waals surface area contributed by atoms with E-state index in [0.717, 1.165) is 12.8 Å². The molecule has 4 heterocycles. The molecule has 1 unspecified atom stereocenters. The molecular weight excluding hydrogens is 468 g/mol. The molecule has 1 N–H and O–H groups in total. The van der Waals surface area contributed by atoms with Crippen molar-refractivity contribution in [2.75, 3.05) is 23.0 Å². The number of alkyl halides is 3. The molecule has 1 atom stereocenters. The Balaban J connectivity index is 1.25. The first-order valence-corrected chi connectivity index (χ1v) is 11.4. The molecule has 35 heavy (non-hydrogen) atoms. The van der Waals surface area contributed by atoms with E-state index in [1.54, 1.807) is 16.2 Å². The van der Waals surface area contributed by atoms with Gasteiger partial charge in [-0.3, -0.25) is 9.79 Å². The number of hydrazine groups is 1. The Morgan fingerprint density at radius 2 is 1.77 bits per heavy atom. The van der Waals surface area contributed by atoms with E-state index >= 15 is 0 Å². The number of hydrogen-bond acceptors (Lipinski definition) is 8. The number of carbonyl (C=O) groups excluding carboxylic acids is 1. The fraction of sp³-hybridized carbons (Fsp3) is 0.500. The topological polar surface area (TPSA) is 89.9 Å². The molecule has 0 radical (unpaired) electrons. The Bertz CT molecular complexity index is 1110. The van der Waals surface area contributed by atoms with Crippen molar-refractivity contribution >= 4 is 23.9 Å². The molecule has 2 fully saturated rings. The highest BCUT2D eigenvalue weighted by Gasteiger charge is 2.40. The maximum Gasteiger partial charge on any atom is 0.417 e. The number of nitrogens with one attached hydrogen (secondary N) is 1. The molecule has 2 aromatic rings. The highest BCUT2D eigenvalue weighted by atomic mass is 19.4. The number of rotatable bonds is 5. The molecule has 2 aliphatic heterocycles. The lowest BCUT2D eigenvalue weighted by atomic mass is 10.0. The molecule has 9 nitrogen and oxygen atoms in total. The Labute approximate surface area is 198 Å². The minimum absolute atomic E-state index is 0.0689. The molecular formula is C22H24F4N8O. The predicted molar refractivity (Wildman–Crippen MR) is 119 cm³/mol. The average molecular weight is 492 g/mol. The summed E-state index contributed by atoms with van der Waals surface area (Å²) in [5.41, 5.74) is 2.20. The quantitative estimate of drug-likeness (QED) is 0.642. The van der Waals surface area contributed by atoms with Crippen LogP contribution in [-0.2, 0) is 6.18 Å². The second-order valence-corrected chi connectivity index (χ2v) is 8.89. The molecule has 1 amide bonds. The summed E-state index contributed by atoms with van der Waals surface area (Å²) in [5, 5.41) is 1.63. The molecule has 0 bridgehead atoms. The number of pyridine rings is 1. The summed E-state index contributed by atoms with van der Waals surface area (Å²) in [5.74, 6) is -0.793. The number of carbonyl (C=O) groups is 1. The van der Waals surface area contributed by atoms with E-state index in [9.17, 15) is 22.4 Å². The first-order valence-electron chi connectivity index (χ1n) is 11.4. The number of nitrogens with zero attached hydrogens (tertiary/aromatic N) is 7. The van der Waals surface area contributed by atoms with Crippen molar-refractivity contribution in [2.24, 2.45) is 4.99 Å². The average Bonchev–Trinajstić information content (AvgIpc) is 3.58. The fourth-order valence-corrected chi connectivity index (χ4v) is 4.40. The largest absolute Gasteiger partial charge is 0.417 e. The smallest absolute Gasteiger partial charge is 0.354 e.